The van der Waals surface area contributed by atoms with Gasteiger partial charge in [0, 0.05) is 24.2 Å². The van der Waals surface area contributed by atoms with E-state index in [9.17, 15) is 28.2 Å². The first kappa shape index (κ1) is 22.8. The lowest BCUT2D eigenvalue weighted by Gasteiger charge is -2.29. The van der Waals surface area contributed by atoms with Crippen LogP contribution >= 0.6 is 0 Å². The number of aliphatic hydroxyl groups excluding tert-OH is 2. The summed E-state index contributed by atoms with van der Waals surface area (Å²) in [5.41, 5.74) is -1.71. The van der Waals surface area contributed by atoms with E-state index in [1.54, 1.807) is 24.3 Å². The van der Waals surface area contributed by atoms with Crippen molar-refractivity contribution in [1.29, 1.82) is 0 Å². The number of nitrogens with zero attached hydrogens (tertiary/aromatic N) is 1. The molecule has 7 nitrogen and oxygen atoms in total. The van der Waals surface area contributed by atoms with Crippen LogP contribution in [-0.4, -0.2) is 53.1 Å². The second kappa shape index (κ2) is 9.52. The molecule has 0 bridgehead atoms. The molecule has 0 aliphatic heterocycles. The first-order valence-electron chi connectivity index (χ1n) is 9.64. The number of carbonyl (C=O) groups is 1. The molecule has 0 radical (unpaired) electrons. The summed E-state index contributed by atoms with van der Waals surface area (Å²) in [6.07, 6.45) is -5.53. The molecule has 10 heteroatoms. The molecule has 1 saturated carbocycles. The highest BCUT2D eigenvalue weighted by atomic mass is 19.4. The maximum Gasteiger partial charge on any atom is 0.417 e. The highest BCUT2D eigenvalue weighted by Gasteiger charge is 2.45. The summed E-state index contributed by atoms with van der Waals surface area (Å²) >= 11 is 0. The van der Waals surface area contributed by atoms with Crippen molar-refractivity contribution in [3.8, 4) is 11.6 Å². The number of halogens is 3. The Morgan fingerprint density at radius 1 is 1.10 bits per heavy atom. The highest BCUT2D eigenvalue weighted by Crippen LogP contribution is 2.38. The van der Waals surface area contributed by atoms with E-state index in [1.807, 2.05) is 6.07 Å². The number of hydrogen-bond donors (Lipinski definition) is 3. The van der Waals surface area contributed by atoms with Gasteiger partial charge in [0.05, 0.1) is 24.4 Å². The third kappa shape index (κ3) is 6.31. The van der Waals surface area contributed by atoms with Crippen molar-refractivity contribution in [3.05, 3.63) is 54.2 Å². The van der Waals surface area contributed by atoms with Crippen LogP contribution in [0.3, 0.4) is 0 Å². The number of aliphatic hydroxyl groups is 2. The summed E-state index contributed by atoms with van der Waals surface area (Å²) in [5, 5.41) is 22.7. The van der Waals surface area contributed by atoms with Crippen molar-refractivity contribution in [2.75, 3.05) is 19.8 Å². The van der Waals surface area contributed by atoms with Gasteiger partial charge in [0.15, 0.2) is 6.61 Å². The van der Waals surface area contributed by atoms with Gasteiger partial charge in [0.25, 0.3) is 5.91 Å². The number of ether oxygens (including phenoxy) is 2. The number of aromatic nitrogens is 1. The van der Waals surface area contributed by atoms with Crippen molar-refractivity contribution in [1.82, 2.24) is 10.3 Å². The molecule has 3 N–H and O–H groups in total. The van der Waals surface area contributed by atoms with Crippen LogP contribution in [0.25, 0.3) is 0 Å². The molecule has 0 saturated heterocycles. The topological polar surface area (TPSA) is 101 Å². The third-order valence-corrected chi connectivity index (χ3v) is 5.09. The van der Waals surface area contributed by atoms with Crippen LogP contribution in [0.1, 0.15) is 18.4 Å². The van der Waals surface area contributed by atoms with Gasteiger partial charge < -0.3 is 25.0 Å². The number of amides is 1. The molecule has 31 heavy (non-hydrogen) atoms. The zero-order valence-electron chi connectivity index (χ0n) is 16.5. The molecule has 1 aromatic heterocycles. The largest absolute Gasteiger partial charge is 0.484 e. The fourth-order valence-electron chi connectivity index (χ4n) is 3.42. The molecule has 1 aromatic carbocycles. The minimum absolute atomic E-state index is 0.0259. The van der Waals surface area contributed by atoms with E-state index in [2.05, 4.69) is 10.3 Å². The Kier molecular flexibility index (Phi) is 7.01. The summed E-state index contributed by atoms with van der Waals surface area (Å²) in [6, 6.07) is 10.7. The predicted molar refractivity (Wildman–Crippen MR) is 103 cm³/mol. The molecule has 1 amide bonds. The molecule has 168 valence electrons. The van der Waals surface area contributed by atoms with Gasteiger partial charge in [-0.05, 0) is 31.0 Å². The summed E-state index contributed by atoms with van der Waals surface area (Å²) < 4.78 is 48.9. The lowest BCUT2D eigenvalue weighted by Crippen LogP contribution is -2.42. The quantitative estimate of drug-likeness (QED) is 0.582. The van der Waals surface area contributed by atoms with E-state index in [0.29, 0.717) is 11.9 Å². The molecular formula is C21H23F3N2O5. The zero-order valence-corrected chi connectivity index (χ0v) is 16.5. The number of rotatable bonds is 8. The maximum absolute atomic E-state index is 12.7. The third-order valence-electron chi connectivity index (χ3n) is 5.09. The van der Waals surface area contributed by atoms with Gasteiger partial charge in [0.2, 0.25) is 5.88 Å². The molecule has 2 atom stereocenters. The van der Waals surface area contributed by atoms with Crippen molar-refractivity contribution in [2.45, 2.75) is 31.2 Å². The standard InChI is InChI=1S/C21H23F3N2O5/c22-21(23,24)14-6-7-19(25-10-14)31-13-20(8-16(27)17(28)9-20)12-26-18(29)11-30-15-4-2-1-3-5-15/h1-7,10,16-17,27-28H,8-9,11-13H2,(H,26,29). The zero-order chi connectivity index (χ0) is 22.5. The fraction of sp³-hybridized carbons (Fsp3) is 0.429. The van der Waals surface area contributed by atoms with Crippen molar-refractivity contribution < 1.29 is 37.7 Å². The predicted octanol–water partition coefficient (Wildman–Crippen LogP) is 2.18. The molecule has 1 aliphatic carbocycles. The van der Waals surface area contributed by atoms with E-state index in [1.165, 1.54) is 0 Å². The number of pyridine rings is 1. The summed E-state index contributed by atoms with van der Waals surface area (Å²) in [5.74, 6) is 0.115. The smallest absolute Gasteiger partial charge is 0.417 e. The van der Waals surface area contributed by atoms with Crippen molar-refractivity contribution in [2.24, 2.45) is 5.41 Å². The Labute approximate surface area is 176 Å². The second-order valence-corrected chi connectivity index (χ2v) is 7.59. The molecule has 2 unspecified atom stereocenters. The summed E-state index contributed by atoms with van der Waals surface area (Å²) in [4.78, 5) is 15.8. The Balaban J connectivity index is 1.57. The average molecular weight is 440 g/mol. The lowest BCUT2D eigenvalue weighted by molar-refractivity contribution is -0.137. The number of benzene rings is 1. The second-order valence-electron chi connectivity index (χ2n) is 7.59. The number of carbonyl (C=O) groups excluding carboxylic acids is 1. The van der Waals surface area contributed by atoms with Gasteiger partial charge in [-0.1, -0.05) is 18.2 Å². The molecule has 1 aliphatic rings. The van der Waals surface area contributed by atoms with Gasteiger partial charge in [-0.3, -0.25) is 4.79 Å². The maximum atomic E-state index is 12.7. The highest BCUT2D eigenvalue weighted by molar-refractivity contribution is 5.77. The van der Waals surface area contributed by atoms with Crippen LogP contribution in [0, 0.1) is 5.41 Å². The van der Waals surface area contributed by atoms with Crippen LogP contribution < -0.4 is 14.8 Å². The van der Waals surface area contributed by atoms with Crippen LogP contribution in [-0.2, 0) is 11.0 Å². The molecule has 0 spiro atoms. The van der Waals surface area contributed by atoms with E-state index in [-0.39, 0.29) is 38.5 Å². The lowest BCUT2D eigenvalue weighted by atomic mass is 9.86. The van der Waals surface area contributed by atoms with Crippen LogP contribution in [0.15, 0.2) is 48.7 Å². The van der Waals surface area contributed by atoms with E-state index in [0.717, 1.165) is 12.1 Å². The summed E-state index contributed by atoms with van der Waals surface area (Å²) in [6.45, 7) is -0.190. The fourth-order valence-corrected chi connectivity index (χ4v) is 3.42. The monoisotopic (exact) mass is 440 g/mol. The Morgan fingerprint density at radius 2 is 1.77 bits per heavy atom. The number of nitrogens with one attached hydrogen (secondary N) is 1. The van der Waals surface area contributed by atoms with Crippen molar-refractivity contribution in [3.63, 3.8) is 0 Å². The Bertz CT molecular complexity index is 852. The number of hydrogen-bond acceptors (Lipinski definition) is 6. The SMILES string of the molecule is O=C(COc1ccccc1)NCC1(COc2ccc(C(F)(F)F)cn2)CC(O)C(O)C1. The Morgan fingerprint density at radius 3 is 2.35 bits per heavy atom. The van der Waals surface area contributed by atoms with Gasteiger partial charge in [-0.2, -0.15) is 13.2 Å². The number of para-hydroxylation sites is 1. The summed E-state index contributed by atoms with van der Waals surface area (Å²) in [7, 11) is 0. The minimum atomic E-state index is -4.50. The molecule has 2 aromatic rings. The first-order valence-corrected chi connectivity index (χ1v) is 9.64. The Hall–Kier alpha value is -2.85. The van der Waals surface area contributed by atoms with E-state index in [4.69, 9.17) is 9.47 Å². The minimum Gasteiger partial charge on any atom is -0.484 e. The van der Waals surface area contributed by atoms with Crippen molar-refractivity contribution >= 4 is 5.91 Å². The van der Waals surface area contributed by atoms with Gasteiger partial charge in [-0.25, -0.2) is 4.98 Å². The number of alkyl halides is 3. The average Bonchev–Trinajstić information content (AvgIpc) is 3.03. The van der Waals surface area contributed by atoms with Crippen LogP contribution in [0.4, 0.5) is 13.2 Å². The van der Waals surface area contributed by atoms with Gasteiger partial charge in [0.1, 0.15) is 5.75 Å². The van der Waals surface area contributed by atoms with Gasteiger partial charge >= 0.3 is 6.18 Å². The molecule has 1 fully saturated rings. The first-order chi connectivity index (χ1) is 14.7. The molecule has 3 rings (SSSR count). The molecular weight excluding hydrogens is 417 g/mol. The molecule has 1 heterocycles. The van der Waals surface area contributed by atoms with Crippen LogP contribution in [0.2, 0.25) is 0 Å². The normalized spacial score (nSPS) is 23.4. The van der Waals surface area contributed by atoms with Gasteiger partial charge in [-0.15, -0.1) is 0 Å². The van der Waals surface area contributed by atoms with Crippen LogP contribution in [0.5, 0.6) is 11.6 Å². The van der Waals surface area contributed by atoms with E-state index < -0.39 is 35.3 Å². The van der Waals surface area contributed by atoms with E-state index >= 15 is 0 Å².